The normalized spacial score (nSPS) is 13.0. The number of anilines is 1. The molecule has 0 unspecified atom stereocenters. The number of hydrogen-bond acceptors (Lipinski definition) is 4. The fraction of sp³-hybridized carbons (Fsp3) is 0.214. The first kappa shape index (κ1) is 21.9. The lowest BCUT2D eigenvalue weighted by Gasteiger charge is -2.10. The molecule has 1 aliphatic rings. The Balaban J connectivity index is 1.43. The van der Waals surface area contributed by atoms with Gasteiger partial charge in [0.15, 0.2) is 0 Å². The van der Waals surface area contributed by atoms with Gasteiger partial charge >= 0.3 is 0 Å². The van der Waals surface area contributed by atoms with Crippen LogP contribution in [0.25, 0.3) is 16.9 Å². The summed E-state index contributed by atoms with van der Waals surface area (Å²) in [6.45, 7) is 1.34. The highest BCUT2D eigenvalue weighted by Gasteiger charge is 2.22. The van der Waals surface area contributed by atoms with Crippen LogP contribution in [0.1, 0.15) is 28.8 Å². The van der Waals surface area contributed by atoms with Gasteiger partial charge in [0.2, 0.25) is 0 Å². The van der Waals surface area contributed by atoms with Gasteiger partial charge in [0.1, 0.15) is 11.4 Å². The summed E-state index contributed by atoms with van der Waals surface area (Å²) in [5, 5.41) is 7.79. The Bertz CT molecular complexity index is 1280. The van der Waals surface area contributed by atoms with Crippen molar-refractivity contribution in [3.05, 3.63) is 96.2 Å². The highest BCUT2D eigenvalue weighted by molar-refractivity contribution is 6.08. The van der Waals surface area contributed by atoms with Gasteiger partial charge in [0.25, 0.3) is 5.91 Å². The summed E-state index contributed by atoms with van der Waals surface area (Å²) in [5.41, 5.74) is 4.39. The molecule has 1 amide bonds. The van der Waals surface area contributed by atoms with E-state index >= 15 is 0 Å². The molecule has 1 saturated carbocycles. The summed E-state index contributed by atoms with van der Waals surface area (Å²) in [5.74, 6) is 1.14. The van der Waals surface area contributed by atoms with E-state index in [1.54, 1.807) is 18.0 Å². The molecule has 0 radical (unpaired) electrons. The zero-order valence-corrected chi connectivity index (χ0v) is 19.1. The quantitative estimate of drug-likeness (QED) is 0.352. The molecule has 0 aliphatic heterocycles. The molecule has 6 heteroatoms. The van der Waals surface area contributed by atoms with Crippen molar-refractivity contribution in [2.24, 2.45) is 5.92 Å². The lowest BCUT2D eigenvalue weighted by atomic mass is 10.1. The van der Waals surface area contributed by atoms with Gasteiger partial charge in [-0.15, -0.1) is 0 Å². The van der Waals surface area contributed by atoms with E-state index in [1.165, 1.54) is 12.8 Å². The lowest BCUT2D eigenvalue weighted by molar-refractivity contribution is 0.102. The minimum absolute atomic E-state index is 0.237. The Morgan fingerprint density at radius 2 is 1.82 bits per heavy atom. The third-order valence-electron chi connectivity index (χ3n) is 5.85. The van der Waals surface area contributed by atoms with E-state index < -0.39 is 0 Å². The van der Waals surface area contributed by atoms with Crippen LogP contribution in [0.15, 0.2) is 85.1 Å². The summed E-state index contributed by atoms with van der Waals surface area (Å²) in [4.78, 5) is 13.4. The van der Waals surface area contributed by atoms with Crippen LogP contribution in [-0.2, 0) is 11.3 Å². The average molecular weight is 454 g/mol. The molecule has 1 N–H and O–H groups in total. The molecule has 0 atom stereocenters. The largest absolute Gasteiger partial charge is 0.496 e. The van der Waals surface area contributed by atoms with Crippen molar-refractivity contribution in [3.63, 3.8) is 0 Å². The van der Waals surface area contributed by atoms with Gasteiger partial charge in [-0.2, -0.15) is 5.10 Å². The predicted molar refractivity (Wildman–Crippen MR) is 132 cm³/mol. The van der Waals surface area contributed by atoms with Crippen molar-refractivity contribution >= 4 is 11.6 Å². The summed E-state index contributed by atoms with van der Waals surface area (Å²) >= 11 is 0. The van der Waals surface area contributed by atoms with Crippen LogP contribution in [0, 0.1) is 5.92 Å². The van der Waals surface area contributed by atoms with E-state index in [4.69, 9.17) is 14.6 Å². The SMILES string of the molecule is COc1ccccc1-c1nn(-c2ccccc2)cc1C(=O)Nc1cccc(COCC2CC2)c1. The van der Waals surface area contributed by atoms with E-state index in [-0.39, 0.29) is 5.91 Å². The number of benzene rings is 3. The molecular formula is C28H27N3O3. The molecule has 1 heterocycles. The van der Waals surface area contributed by atoms with Crippen LogP contribution in [0.2, 0.25) is 0 Å². The smallest absolute Gasteiger partial charge is 0.259 e. The van der Waals surface area contributed by atoms with Crippen molar-refractivity contribution in [1.82, 2.24) is 9.78 Å². The number of carbonyl (C=O) groups is 1. The minimum atomic E-state index is -0.237. The molecule has 0 spiro atoms. The summed E-state index contributed by atoms with van der Waals surface area (Å²) in [6, 6.07) is 25.1. The average Bonchev–Trinajstić information content (AvgIpc) is 3.59. The van der Waals surface area contributed by atoms with Gasteiger partial charge in [-0.3, -0.25) is 4.79 Å². The number of amides is 1. The second-order valence-corrected chi connectivity index (χ2v) is 8.48. The van der Waals surface area contributed by atoms with Gasteiger partial charge in [-0.25, -0.2) is 4.68 Å². The van der Waals surface area contributed by atoms with E-state index in [9.17, 15) is 4.79 Å². The number of nitrogens with zero attached hydrogens (tertiary/aromatic N) is 2. The zero-order valence-electron chi connectivity index (χ0n) is 19.1. The van der Waals surface area contributed by atoms with Crippen LogP contribution in [0.5, 0.6) is 5.75 Å². The van der Waals surface area contributed by atoms with Gasteiger partial charge in [0.05, 0.1) is 25.0 Å². The monoisotopic (exact) mass is 453 g/mol. The first-order valence-corrected chi connectivity index (χ1v) is 11.5. The number of carbonyl (C=O) groups excluding carboxylic acids is 1. The topological polar surface area (TPSA) is 65.4 Å². The number of aromatic nitrogens is 2. The van der Waals surface area contributed by atoms with Crippen molar-refractivity contribution < 1.29 is 14.3 Å². The van der Waals surface area contributed by atoms with E-state index in [1.807, 2.05) is 78.9 Å². The van der Waals surface area contributed by atoms with Crippen molar-refractivity contribution in [1.29, 1.82) is 0 Å². The number of rotatable bonds is 9. The second kappa shape index (κ2) is 9.93. The van der Waals surface area contributed by atoms with Crippen LogP contribution < -0.4 is 10.1 Å². The standard InChI is InChI=1S/C28H27N3O3/c1-33-26-13-6-5-12-24(26)27-25(17-31(30-27)23-10-3-2-4-11-23)28(32)29-22-9-7-8-21(16-22)19-34-18-20-14-15-20/h2-13,16-17,20H,14-15,18-19H2,1H3,(H,29,32). The van der Waals surface area contributed by atoms with E-state index in [2.05, 4.69) is 5.32 Å². The molecule has 0 bridgehead atoms. The fourth-order valence-corrected chi connectivity index (χ4v) is 3.86. The molecule has 4 aromatic rings. The number of ether oxygens (including phenoxy) is 2. The highest BCUT2D eigenvalue weighted by Crippen LogP contribution is 2.32. The Kier molecular flexibility index (Phi) is 6.40. The summed E-state index contributed by atoms with van der Waals surface area (Å²) < 4.78 is 13.1. The number of hydrogen-bond donors (Lipinski definition) is 1. The third-order valence-corrected chi connectivity index (χ3v) is 5.85. The highest BCUT2D eigenvalue weighted by atomic mass is 16.5. The Morgan fingerprint density at radius 3 is 2.62 bits per heavy atom. The Hall–Kier alpha value is -3.90. The van der Waals surface area contributed by atoms with E-state index in [0.717, 1.165) is 35.0 Å². The van der Waals surface area contributed by atoms with Crippen LogP contribution in [-0.4, -0.2) is 29.4 Å². The molecule has 5 rings (SSSR count). The lowest BCUT2D eigenvalue weighted by Crippen LogP contribution is -2.12. The maximum atomic E-state index is 13.4. The first-order chi connectivity index (χ1) is 16.7. The van der Waals surface area contributed by atoms with Gasteiger partial charge in [0, 0.05) is 24.1 Å². The van der Waals surface area contributed by atoms with Gasteiger partial charge < -0.3 is 14.8 Å². The van der Waals surface area contributed by atoms with Crippen molar-refractivity contribution in [2.75, 3.05) is 19.0 Å². The van der Waals surface area contributed by atoms with Crippen LogP contribution in [0.3, 0.4) is 0 Å². The summed E-state index contributed by atoms with van der Waals surface area (Å²) in [7, 11) is 1.61. The number of nitrogens with one attached hydrogen (secondary N) is 1. The van der Waals surface area contributed by atoms with Crippen molar-refractivity contribution in [3.8, 4) is 22.7 Å². The molecule has 1 aliphatic carbocycles. The molecule has 0 saturated heterocycles. The van der Waals surface area contributed by atoms with Crippen molar-refractivity contribution in [2.45, 2.75) is 19.4 Å². The predicted octanol–water partition coefficient (Wildman–Crippen LogP) is 5.73. The Morgan fingerprint density at radius 1 is 1.03 bits per heavy atom. The third kappa shape index (κ3) is 5.02. The van der Waals surface area contributed by atoms with Crippen LogP contribution in [0.4, 0.5) is 5.69 Å². The summed E-state index contributed by atoms with van der Waals surface area (Å²) in [6.07, 6.45) is 4.29. The molecular weight excluding hydrogens is 426 g/mol. The van der Waals surface area contributed by atoms with Gasteiger partial charge in [-0.1, -0.05) is 42.5 Å². The number of methoxy groups -OCH3 is 1. The molecule has 3 aromatic carbocycles. The zero-order chi connectivity index (χ0) is 23.3. The maximum Gasteiger partial charge on any atom is 0.259 e. The maximum absolute atomic E-state index is 13.4. The molecule has 1 aromatic heterocycles. The molecule has 6 nitrogen and oxygen atoms in total. The molecule has 34 heavy (non-hydrogen) atoms. The first-order valence-electron chi connectivity index (χ1n) is 11.5. The number of para-hydroxylation sites is 2. The minimum Gasteiger partial charge on any atom is -0.496 e. The fourth-order valence-electron chi connectivity index (χ4n) is 3.86. The van der Waals surface area contributed by atoms with Gasteiger partial charge in [-0.05, 0) is 60.7 Å². The van der Waals surface area contributed by atoms with E-state index in [0.29, 0.717) is 23.6 Å². The molecule has 1 fully saturated rings. The van der Waals surface area contributed by atoms with Crippen LogP contribution >= 0.6 is 0 Å². The Labute approximate surface area is 199 Å². The second-order valence-electron chi connectivity index (χ2n) is 8.48. The molecule has 172 valence electrons.